The van der Waals surface area contributed by atoms with Crippen molar-refractivity contribution in [2.75, 3.05) is 5.73 Å². The van der Waals surface area contributed by atoms with Crippen molar-refractivity contribution in [1.29, 1.82) is 0 Å². The van der Waals surface area contributed by atoms with Crippen molar-refractivity contribution in [3.63, 3.8) is 0 Å². The van der Waals surface area contributed by atoms with Gasteiger partial charge in [-0.3, -0.25) is 4.79 Å². The van der Waals surface area contributed by atoms with E-state index >= 15 is 0 Å². The molecule has 0 aliphatic carbocycles. The maximum absolute atomic E-state index is 11.8. The van der Waals surface area contributed by atoms with E-state index < -0.39 is 17.7 Å². The Labute approximate surface area is 121 Å². The Kier molecular flexibility index (Phi) is 4.46. The third-order valence-corrected chi connectivity index (χ3v) is 2.80. The lowest BCUT2D eigenvalue weighted by Gasteiger charge is -2.04. The number of hydrogen-bond donors (Lipinski definition) is 1. The first-order chi connectivity index (χ1) is 10.1. The second-order valence-electron chi connectivity index (χ2n) is 4.35. The lowest BCUT2D eigenvalue weighted by atomic mass is 10.1. The van der Waals surface area contributed by atoms with E-state index in [0.29, 0.717) is 5.56 Å². The summed E-state index contributed by atoms with van der Waals surface area (Å²) in [5.41, 5.74) is 6.51. The minimum absolute atomic E-state index is 0.0540. The van der Waals surface area contributed by atoms with Gasteiger partial charge in [-0.25, -0.2) is 9.59 Å². The third kappa shape index (κ3) is 3.76. The van der Waals surface area contributed by atoms with Crippen LogP contribution in [0.25, 0.3) is 0 Å². The van der Waals surface area contributed by atoms with Crippen LogP contribution >= 0.6 is 0 Å². The highest BCUT2D eigenvalue weighted by Crippen LogP contribution is 2.12. The van der Waals surface area contributed by atoms with Gasteiger partial charge >= 0.3 is 11.9 Å². The van der Waals surface area contributed by atoms with Gasteiger partial charge in [0.25, 0.3) is 0 Å². The number of nitrogens with two attached hydrogens (primary N) is 1. The van der Waals surface area contributed by atoms with E-state index in [0.717, 1.165) is 0 Å². The molecular weight excluding hydrogens is 270 g/mol. The van der Waals surface area contributed by atoms with Gasteiger partial charge in [-0.2, -0.15) is 0 Å². The average molecular weight is 283 g/mol. The van der Waals surface area contributed by atoms with Crippen LogP contribution in [0.2, 0.25) is 0 Å². The van der Waals surface area contributed by atoms with Crippen LogP contribution in [0.4, 0.5) is 5.69 Å². The molecule has 0 aromatic heterocycles. The van der Waals surface area contributed by atoms with Crippen molar-refractivity contribution in [2.24, 2.45) is 0 Å². The number of Topliss-reactive ketones (excluding diaryl/α,β-unsaturated/α-hetero) is 1. The average Bonchev–Trinajstić information content (AvgIpc) is 2.48. The summed E-state index contributed by atoms with van der Waals surface area (Å²) < 4.78 is 4.54. The molecule has 0 spiro atoms. The number of carbonyl (C=O) groups excluding carboxylic acids is 3. The Morgan fingerprint density at radius 2 is 1.52 bits per heavy atom. The molecule has 2 aromatic rings. The Morgan fingerprint density at radius 3 is 2.19 bits per heavy atom. The van der Waals surface area contributed by atoms with E-state index in [1.165, 1.54) is 12.1 Å². The molecule has 5 heteroatoms. The maximum Gasteiger partial charge on any atom is 0.382 e. The lowest BCUT2D eigenvalue weighted by molar-refractivity contribution is -0.149. The van der Waals surface area contributed by atoms with Crippen LogP contribution in [0.5, 0.6) is 0 Å². The van der Waals surface area contributed by atoms with Gasteiger partial charge < -0.3 is 10.5 Å². The minimum atomic E-state index is -1.19. The number of para-hydroxylation sites is 1. The fraction of sp³-hybridized carbons (Fsp3) is 0.0625. The first kappa shape index (κ1) is 14.5. The van der Waals surface area contributed by atoms with Gasteiger partial charge in [0.1, 0.15) is 0 Å². The van der Waals surface area contributed by atoms with E-state index in [1.807, 2.05) is 0 Å². The van der Waals surface area contributed by atoms with Gasteiger partial charge in [-0.1, -0.05) is 42.5 Å². The van der Waals surface area contributed by atoms with Crippen LogP contribution in [0.1, 0.15) is 15.9 Å². The molecule has 2 rings (SSSR count). The van der Waals surface area contributed by atoms with Crippen molar-refractivity contribution in [2.45, 2.75) is 6.42 Å². The summed E-state index contributed by atoms with van der Waals surface area (Å²) in [6, 6.07) is 14.9. The summed E-state index contributed by atoms with van der Waals surface area (Å²) in [6.45, 7) is 0. The van der Waals surface area contributed by atoms with Crippen molar-refractivity contribution in [3.8, 4) is 0 Å². The van der Waals surface area contributed by atoms with Gasteiger partial charge in [0.2, 0.25) is 5.78 Å². The molecule has 0 aliphatic heterocycles. The SMILES string of the molecule is Nc1ccccc1C(=O)OC(=O)C(=O)Cc1ccccc1. The molecule has 0 heterocycles. The van der Waals surface area contributed by atoms with Crippen LogP contribution in [0, 0.1) is 0 Å². The Balaban J connectivity index is 2.00. The molecule has 0 fully saturated rings. The highest BCUT2D eigenvalue weighted by molar-refractivity contribution is 6.36. The van der Waals surface area contributed by atoms with Crippen molar-refractivity contribution in [3.05, 3.63) is 65.7 Å². The largest absolute Gasteiger partial charge is 0.398 e. The molecule has 0 saturated carbocycles. The van der Waals surface area contributed by atoms with E-state index in [9.17, 15) is 14.4 Å². The first-order valence-electron chi connectivity index (χ1n) is 6.25. The Bertz CT molecular complexity index is 680. The topological polar surface area (TPSA) is 86.5 Å². The van der Waals surface area contributed by atoms with Crippen molar-refractivity contribution in [1.82, 2.24) is 0 Å². The quantitative estimate of drug-likeness (QED) is 0.400. The fourth-order valence-electron chi connectivity index (χ4n) is 1.73. The summed E-state index contributed by atoms with van der Waals surface area (Å²) in [5.74, 6) is -2.91. The lowest BCUT2D eigenvalue weighted by Crippen LogP contribution is -2.23. The van der Waals surface area contributed by atoms with Crippen LogP contribution < -0.4 is 5.73 Å². The van der Waals surface area contributed by atoms with Crippen LogP contribution in [-0.2, 0) is 20.7 Å². The number of rotatable bonds is 4. The molecule has 0 saturated heterocycles. The number of nitrogen functional groups attached to an aromatic ring is 1. The number of ether oxygens (including phenoxy) is 1. The van der Waals surface area contributed by atoms with E-state index in [2.05, 4.69) is 4.74 Å². The van der Waals surface area contributed by atoms with Gasteiger partial charge in [0.05, 0.1) is 5.56 Å². The van der Waals surface area contributed by atoms with Crippen LogP contribution in [0.3, 0.4) is 0 Å². The molecule has 5 nitrogen and oxygen atoms in total. The molecule has 106 valence electrons. The molecule has 2 N–H and O–H groups in total. The minimum Gasteiger partial charge on any atom is -0.398 e. The molecule has 0 bridgehead atoms. The maximum atomic E-state index is 11.8. The molecule has 0 amide bonds. The number of anilines is 1. The standard InChI is InChI=1S/C16H13NO4/c17-13-9-5-4-8-12(13)15(19)21-16(20)14(18)10-11-6-2-1-3-7-11/h1-9H,10,17H2. The van der Waals surface area contributed by atoms with E-state index in [4.69, 9.17) is 5.73 Å². The highest BCUT2D eigenvalue weighted by atomic mass is 16.6. The smallest absolute Gasteiger partial charge is 0.382 e. The van der Waals surface area contributed by atoms with Gasteiger partial charge in [-0.05, 0) is 17.7 Å². The molecule has 0 radical (unpaired) electrons. The summed E-state index contributed by atoms with van der Waals surface area (Å²) in [4.78, 5) is 35.1. The zero-order valence-corrected chi connectivity index (χ0v) is 11.1. The predicted octanol–water partition coefficient (Wildman–Crippen LogP) is 1.76. The zero-order valence-electron chi connectivity index (χ0n) is 11.1. The third-order valence-electron chi connectivity index (χ3n) is 2.80. The number of hydrogen-bond acceptors (Lipinski definition) is 5. The summed E-state index contributed by atoms with van der Waals surface area (Å²) in [5, 5.41) is 0. The first-order valence-corrected chi connectivity index (χ1v) is 6.25. The normalized spacial score (nSPS) is 9.90. The Hall–Kier alpha value is -2.95. The number of carbonyl (C=O) groups is 3. The molecule has 0 unspecified atom stereocenters. The Morgan fingerprint density at radius 1 is 0.905 bits per heavy atom. The molecule has 2 aromatic carbocycles. The monoisotopic (exact) mass is 283 g/mol. The molecule has 0 atom stereocenters. The van der Waals surface area contributed by atoms with E-state index in [1.54, 1.807) is 42.5 Å². The predicted molar refractivity (Wildman–Crippen MR) is 76.4 cm³/mol. The fourth-order valence-corrected chi connectivity index (χ4v) is 1.73. The number of benzene rings is 2. The zero-order chi connectivity index (χ0) is 15.2. The van der Waals surface area contributed by atoms with Gasteiger partial charge in [-0.15, -0.1) is 0 Å². The van der Waals surface area contributed by atoms with E-state index in [-0.39, 0.29) is 17.7 Å². The molecule has 0 aliphatic rings. The van der Waals surface area contributed by atoms with Crippen molar-refractivity contribution < 1.29 is 19.1 Å². The van der Waals surface area contributed by atoms with Crippen LogP contribution in [0.15, 0.2) is 54.6 Å². The summed E-state index contributed by atoms with van der Waals surface area (Å²) >= 11 is 0. The second-order valence-corrected chi connectivity index (χ2v) is 4.35. The summed E-state index contributed by atoms with van der Waals surface area (Å²) in [7, 11) is 0. The second kappa shape index (κ2) is 6.47. The highest BCUT2D eigenvalue weighted by Gasteiger charge is 2.21. The van der Waals surface area contributed by atoms with Gasteiger partial charge in [0, 0.05) is 12.1 Å². The summed E-state index contributed by atoms with van der Waals surface area (Å²) in [6.07, 6.45) is -0.114. The number of ketones is 1. The van der Waals surface area contributed by atoms with Gasteiger partial charge in [0.15, 0.2) is 0 Å². The number of esters is 2. The van der Waals surface area contributed by atoms with Crippen LogP contribution in [-0.4, -0.2) is 17.7 Å². The van der Waals surface area contributed by atoms with Crippen molar-refractivity contribution >= 4 is 23.4 Å². The molecule has 21 heavy (non-hydrogen) atoms. The molecular formula is C16H13NO4.